The number of carbonyl (C=O) groups is 1. The average Bonchev–Trinajstić information content (AvgIpc) is 2.97. The van der Waals surface area contributed by atoms with Crippen LogP contribution in [0.2, 0.25) is 0 Å². The van der Waals surface area contributed by atoms with Crippen molar-refractivity contribution in [1.29, 1.82) is 0 Å². The van der Waals surface area contributed by atoms with Gasteiger partial charge in [-0.15, -0.1) is 0 Å². The minimum Gasteiger partial charge on any atom is -0.354 e. The van der Waals surface area contributed by atoms with Crippen molar-refractivity contribution in [2.24, 2.45) is 0 Å². The predicted octanol–water partition coefficient (Wildman–Crippen LogP) is 3.82. The van der Waals surface area contributed by atoms with Gasteiger partial charge in [0.25, 0.3) is 0 Å². The largest absolute Gasteiger partial charge is 0.354 e. The highest BCUT2D eigenvalue weighted by Gasteiger charge is 2.30. The topological polar surface area (TPSA) is 46.9 Å². The summed E-state index contributed by atoms with van der Waals surface area (Å²) in [4.78, 5) is 12.4. The third-order valence-corrected chi connectivity index (χ3v) is 4.22. The summed E-state index contributed by atoms with van der Waals surface area (Å²) in [5, 5.41) is 7.42. The van der Waals surface area contributed by atoms with Gasteiger partial charge in [-0.3, -0.25) is 9.48 Å². The van der Waals surface area contributed by atoms with Crippen molar-refractivity contribution in [3.8, 4) is 11.1 Å². The molecule has 2 rings (SSSR count). The van der Waals surface area contributed by atoms with Crippen LogP contribution < -0.4 is 5.32 Å². The molecule has 0 aliphatic carbocycles. The monoisotopic (exact) mass is 313 g/mol. The number of hydrogen-bond acceptors (Lipinski definition) is 2. The molecule has 23 heavy (non-hydrogen) atoms. The van der Waals surface area contributed by atoms with Crippen LogP contribution in [0, 0.1) is 13.8 Å². The van der Waals surface area contributed by atoms with E-state index in [1.54, 1.807) is 4.68 Å². The van der Waals surface area contributed by atoms with Gasteiger partial charge in [-0.2, -0.15) is 5.10 Å². The summed E-state index contributed by atoms with van der Waals surface area (Å²) in [5.74, 6) is 0.00114. The Bertz CT molecular complexity index is 686. The van der Waals surface area contributed by atoms with E-state index in [1.807, 2.05) is 26.2 Å². The summed E-state index contributed by atoms with van der Waals surface area (Å²) in [7, 11) is 0. The number of amides is 1. The second kappa shape index (κ2) is 6.99. The summed E-state index contributed by atoms with van der Waals surface area (Å²) in [6.45, 7) is 10.8. The molecule has 1 amide bonds. The van der Waals surface area contributed by atoms with E-state index in [4.69, 9.17) is 0 Å². The lowest BCUT2D eigenvalue weighted by molar-refractivity contribution is -0.128. The molecular formula is C19H27N3O. The fourth-order valence-corrected chi connectivity index (χ4v) is 2.60. The van der Waals surface area contributed by atoms with E-state index in [-0.39, 0.29) is 5.91 Å². The Balaban J connectivity index is 2.22. The molecular weight excluding hydrogens is 286 g/mol. The van der Waals surface area contributed by atoms with Crippen LogP contribution in [-0.2, 0) is 10.3 Å². The van der Waals surface area contributed by atoms with Crippen LogP contribution in [-0.4, -0.2) is 22.2 Å². The highest BCUT2D eigenvalue weighted by Crippen LogP contribution is 2.26. The summed E-state index contributed by atoms with van der Waals surface area (Å²) in [5.41, 5.74) is 3.95. The van der Waals surface area contributed by atoms with E-state index in [1.165, 1.54) is 11.1 Å². The van der Waals surface area contributed by atoms with Gasteiger partial charge in [0.2, 0.25) is 5.91 Å². The summed E-state index contributed by atoms with van der Waals surface area (Å²) in [6.07, 6.45) is 5.85. The fourth-order valence-electron chi connectivity index (χ4n) is 2.60. The van der Waals surface area contributed by atoms with Crippen molar-refractivity contribution in [3.05, 3.63) is 41.7 Å². The zero-order valence-corrected chi connectivity index (χ0v) is 14.8. The zero-order valence-electron chi connectivity index (χ0n) is 14.8. The lowest BCUT2D eigenvalue weighted by Gasteiger charge is -2.24. The lowest BCUT2D eigenvalue weighted by Crippen LogP contribution is -2.45. The standard InChI is InChI=1S/C19H27N3O/c1-6-7-10-20-18(23)19(4,5)22-13-16(12-21-22)17-9-8-14(2)11-15(17)3/h8-9,11-13H,6-7,10H2,1-5H3,(H,20,23). The van der Waals surface area contributed by atoms with Crippen molar-refractivity contribution < 1.29 is 4.79 Å². The van der Waals surface area contributed by atoms with Gasteiger partial charge in [-0.1, -0.05) is 37.1 Å². The molecule has 0 fully saturated rings. The number of aromatic nitrogens is 2. The van der Waals surface area contributed by atoms with Crippen molar-refractivity contribution in [2.45, 2.75) is 53.0 Å². The van der Waals surface area contributed by atoms with Crippen LogP contribution in [0.5, 0.6) is 0 Å². The quantitative estimate of drug-likeness (QED) is 0.824. The maximum Gasteiger partial charge on any atom is 0.247 e. The van der Waals surface area contributed by atoms with Gasteiger partial charge >= 0.3 is 0 Å². The molecule has 0 aliphatic rings. The minimum absolute atomic E-state index is 0.00114. The molecule has 1 aromatic carbocycles. The van der Waals surface area contributed by atoms with E-state index < -0.39 is 5.54 Å². The summed E-state index contributed by atoms with van der Waals surface area (Å²) < 4.78 is 1.75. The second-order valence-corrected chi connectivity index (χ2v) is 6.66. The van der Waals surface area contributed by atoms with Crippen molar-refractivity contribution in [2.75, 3.05) is 6.54 Å². The van der Waals surface area contributed by atoms with E-state index in [0.717, 1.165) is 24.0 Å². The normalized spacial score (nSPS) is 11.5. The zero-order chi connectivity index (χ0) is 17.0. The first-order valence-electron chi connectivity index (χ1n) is 8.27. The van der Waals surface area contributed by atoms with Crippen molar-refractivity contribution in [3.63, 3.8) is 0 Å². The van der Waals surface area contributed by atoms with Crippen LogP contribution >= 0.6 is 0 Å². The molecule has 0 unspecified atom stereocenters. The molecule has 1 aromatic heterocycles. The molecule has 0 atom stereocenters. The number of benzene rings is 1. The number of hydrogen-bond donors (Lipinski definition) is 1. The first-order chi connectivity index (χ1) is 10.9. The van der Waals surface area contributed by atoms with Gasteiger partial charge in [-0.05, 0) is 45.2 Å². The molecule has 0 spiro atoms. The van der Waals surface area contributed by atoms with Crippen LogP contribution in [0.3, 0.4) is 0 Å². The van der Waals surface area contributed by atoms with E-state index in [0.29, 0.717) is 6.54 Å². The van der Waals surface area contributed by atoms with Crippen molar-refractivity contribution >= 4 is 5.91 Å². The van der Waals surface area contributed by atoms with Gasteiger partial charge in [0.15, 0.2) is 0 Å². The van der Waals surface area contributed by atoms with E-state index in [2.05, 4.69) is 49.4 Å². The average molecular weight is 313 g/mol. The van der Waals surface area contributed by atoms with Gasteiger partial charge < -0.3 is 5.32 Å². The smallest absolute Gasteiger partial charge is 0.247 e. The Morgan fingerprint density at radius 1 is 1.30 bits per heavy atom. The van der Waals surface area contributed by atoms with Crippen LogP contribution in [0.25, 0.3) is 11.1 Å². The third-order valence-electron chi connectivity index (χ3n) is 4.22. The highest BCUT2D eigenvalue weighted by atomic mass is 16.2. The lowest BCUT2D eigenvalue weighted by atomic mass is 10.0. The molecule has 124 valence electrons. The minimum atomic E-state index is -0.704. The van der Waals surface area contributed by atoms with E-state index >= 15 is 0 Å². The number of rotatable bonds is 6. The first kappa shape index (κ1) is 17.3. The van der Waals surface area contributed by atoms with Crippen molar-refractivity contribution in [1.82, 2.24) is 15.1 Å². The van der Waals surface area contributed by atoms with Gasteiger partial charge in [0.05, 0.1) is 6.20 Å². The number of nitrogens with zero attached hydrogens (tertiary/aromatic N) is 2. The Morgan fingerprint density at radius 3 is 2.70 bits per heavy atom. The van der Waals surface area contributed by atoms with Crippen LogP contribution in [0.4, 0.5) is 0 Å². The van der Waals surface area contributed by atoms with Gasteiger partial charge in [-0.25, -0.2) is 0 Å². The highest BCUT2D eigenvalue weighted by molar-refractivity contribution is 5.83. The SMILES string of the molecule is CCCCNC(=O)C(C)(C)n1cc(-c2ccc(C)cc2C)cn1. The van der Waals surface area contributed by atoms with Gasteiger partial charge in [0.1, 0.15) is 5.54 Å². The summed E-state index contributed by atoms with van der Waals surface area (Å²) in [6, 6.07) is 6.37. The molecule has 0 saturated carbocycles. The molecule has 0 aliphatic heterocycles. The third kappa shape index (κ3) is 3.81. The Labute approximate surface area is 138 Å². The Hall–Kier alpha value is -2.10. The maximum absolute atomic E-state index is 12.4. The Morgan fingerprint density at radius 2 is 2.04 bits per heavy atom. The molecule has 0 saturated heterocycles. The molecule has 2 aromatic rings. The number of aryl methyl sites for hydroxylation is 2. The molecule has 0 bridgehead atoms. The maximum atomic E-state index is 12.4. The molecule has 1 N–H and O–H groups in total. The predicted molar refractivity (Wildman–Crippen MR) is 94.4 cm³/mol. The van der Waals surface area contributed by atoms with Crippen LogP contribution in [0.1, 0.15) is 44.7 Å². The van der Waals surface area contributed by atoms with Crippen LogP contribution in [0.15, 0.2) is 30.6 Å². The molecule has 4 heteroatoms. The van der Waals surface area contributed by atoms with Gasteiger partial charge in [0, 0.05) is 18.3 Å². The molecule has 4 nitrogen and oxygen atoms in total. The number of unbranched alkanes of at least 4 members (excludes halogenated alkanes) is 1. The van der Waals surface area contributed by atoms with E-state index in [9.17, 15) is 4.79 Å². The molecule has 1 heterocycles. The Kier molecular flexibility index (Phi) is 5.24. The number of carbonyl (C=O) groups excluding carboxylic acids is 1. The fraction of sp³-hybridized carbons (Fsp3) is 0.474. The first-order valence-corrected chi connectivity index (χ1v) is 8.27. The molecule has 0 radical (unpaired) electrons. The summed E-state index contributed by atoms with van der Waals surface area (Å²) >= 11 is 0. The second-order valence-electron chi connectivity index (χ2n) is 6.66. The number of nitrogens with one attached hydrogen (secondary N) is 1.